The van der Waals surface area contributed by atoms with Gasteiger partial charge in [-0.05, 0) is 42.6 Å². The number of nitrogens with one attached hydrogen (secondary N) is 1. The van der Waals surface area contributed by atoms with Gasteiger partial charge in [-0.15, -0.1) is 11.3 Å². The Morgan fingerprint density at radius 3 is 2.47 bits per heavy atom. The molecule has 1 unspecified atom stereocenters. The molecule has 2 aromatic rings. The predicted molar refractivity (Wildman–Crippen MR) is 85.9 cm³/mol. The highest BCUT2D eigenvalue weighted by Crippen LogP contribution is 2.35. The van der Waals surface area contributed by atoms with Gasteiger partial charge in [-0.3, -0.25) is 0 Å². The van der Waals surface area contributed by atoms with E-state index in [1.54, 1.807) is 0 Å². The van der Waals surface area contributed by atoms with Gasteiger partial charge in [0.2, 0.25) is 0 Å². The zero-order valence-corrected chi connectivity index (χ0v) is 13.1. The summed E-state index contributed by atoms with van der Waals surface area (Å²) < 4.78 is 0. The third-order valence-electron chi connectivity index (χ3n) is 3.41. The molecule has 1 nitrogen and oxygen atoms in total. The van der Waals surface area contributed by atoms with Gasteiger partial charge in [0.1, 0.15) is 0 Å². The molecule has 2 heteroatoms. The summed E-state index contributed by atoms with van der Waals surface area (Å²) >= 11 is 1.90. The van der Waals surface area contributed by atoms with E-state index in [-0.39, 0.29) is 0 Å². The first kappa shape index (κ1) is 14.3. The predicted octanol–water partition coefficient (Wildman–Crippen LogP) is 5.21. The van der Waals surface area contributed by atoms with Crippen molar-refractivity contribution in [1.29, 1.82) is 0 Å². The van der Waals surface area contributed by atoms with Gasteiger partial charge in [-0.1, -0.05) is 45.0 Å². The van der Waals surface area contributed by atoms with Gasteiger partial charge in [-0.25, -0.2) is 0 Å². The number of benzene rings is 1. The molecule has 0 fully saturated rings. The average Bonchev–Trinajstić information content (AvgIpc) is 2.88. The highest BCUT2D eigenvalue weighted by molar-refractivity contribution is 7.15. The Morgan fingerprint density at radius 2 is 1.79 bits per heavy atom. The van der Waals surface area contributed by atoms with Crippen LogP contribution in [0.4, 0.5) is 0 Å². The highest BCUT2D eigenvalue weighted by atomic mass is 32.1. The fraction of sp³-hybridized carbons (Fsp3) is 0.412. The summed E-state index contributed by atoms with van der Waals surface area (Å²) in [5.74, 6) is 0.563. The number of thiophene rings is 1. The molecule has 1 aromatic carbocycles. The van der Waals surface area contributed by atoms with Crippen molar-refractivity contribution in [1.82, 2.24) is 5.32 Å². The van der Waals surface area contributed by atoms with Crippen molar-refractivity contribution in [2.24, 2.45) is 0 Å². The molecular formula is C17H23NS. The number of rotatable bonds is 5. The molecule has 0 aliphatic carbocycles. The van der Waals surface area contributed by atoms with Crippen LogP contribution in [0.2, 0.25) is 0 Å². The minimum Gasteiger partial charge on any atom is -0.310 e. The zero-order valence-electron chi connectivity index (χ0n) is 12.2. The molecule has 0 bridgehead atoms. The third-order valence-corrected chi connectivity index (χ3v) is 4.71. The van der Waals surface area contributed by atoms with Crippen LogP contribution in [0.3, 0.4) is 0 Å². The van der Waals surface area contributed by atoms with Crippen LogP contribution in [0.25, 0.3) is 10.4 Å². The Kier molecular flexibility index (Phi) is 4.78. The summed E-state index contributed by atoms with van der Waals surface area (Å²) in [4.78, 5) is 2.79. The number of hydrogen-bond donors (Lipinski definition) is 1. The summed E-state index contributed by atoms with van der Waals surface area (Å²) in [6.45, 7) is 9.91. The van der Waals surface area contributed by atoms with Gasteiger partial charge >= 0.3 is 0 Å². The Morgan fingerprint density at radius 1 is 1.05 bits per heavy atom. The van der Waals surface area contributed by atoms with Crippen LogP contribution in [0.15, 0.2) is 36.4 Å². The molecule has 0 aliphatic heterocycles. The van der Waals surface area contributed by atoms with Gasteiger partial charge in [0.15, 0.2) is 0 Å². The van der Waals surface area contributed by atoms with Crippen molar-refractivity contribution in [2.45, 2.75) is 39.7 Å². The van der Waals surface area contributed by atoms with Gasteiger partial charge in [0, 0.05) is 15.8 Å². The Labute approximate surface area is 120 Å². The lowest BCUT2D eigenvalue weighted by atomic mass is 9.96. The van der Waals surface area contributed by atoms with Gasteiger partial charge in [0.05, 0.1) is 0 Å². The van der Waals surface area contributed by atoms with Crippen molar-refractivity contribution in [3.63, 3.8) is 0 Å². The maximum atomic E-state index is 3.47. The first-order valence-corrected chi connectivity index (χ1v) is 7.87. The summed E-state index contributed by atoms with van der Waals surface area (Å²) in [6, 6.07) is 13.7. The van der Waals surface area contributed by atoms with Crippen molar-refractivity contribution in [2.75, 3.05) is 6.54 Å². The molecule has 1 N–H and O–H groups in total. The second-order valence-corrected chi connectivity index (χ2v) is 6.34. The van der Waals surface area contributed by atoms with E-state index in [2.05, 4.69) is 69.4 Å². The van der Waals surface area contributed by atoms with Crippen LogP contribution in [0.5, 0.6) is 0 Å². The van der Waals surface area contributed by atoms with E-state index in [9.17, 15) is 0 Å². The summed E-state index contributed by atoms with van der Waals surface area (Å²) in [6.07, 6.45) is 0. The minimum atomic E-state index is 0.440. The Hall–Kier alpha value is -1.12. The molecule has 0 saturated heterocycles. The van der Waals surface area contributed by atoms with E-state index in [4.69, 9.17) is 0 Å². The molecule has 0 amide bonds. The first-order chi connectivity index (χ1) is 9.13. The maximum absolute atomic E-state index is 3.47. The average molecular weight is 273 g/mol. The second kappa shape index (κ2) is 6.36. The van der Waals surface area contributed by atoms with Crippen LogP contribution < -0.4 is 5.32 Å². The summed E-state index contributed by atoms with van der Waals surface area (Å²) in [7, 11) is 0. The lowest BCUT2D eigenvalue weighted by Crippen LogP contribution is -2.16. The first-order valence-electron chi connectivity index (χ1n) is 7.06. The van der Waals surface area contributed by atoms with Crippen LogP contribution in [0, 0.1) is 0 Å². The third kappa shape index (κ3) is 3.26. The van der Waals surface area contributed by atoms with E-state index < -0.39 is 0 Å². The molecule has 102 valence electrons. The summed E-state index contributed by atoms with van der Waals surface area (Å²) in [5, 5.41) is 3.47. The van der Waals surface area contributed by atoms with Crippen LogP contribution in [-0.4, -0.2) is 6.54 Å². The van der Waals surface area contributed by atoms with Crippen molar-refractivity contribution >= 4 is 11.3 Å². The lowest BCUT2D eigenvalue weighted by Gasteiger charge is -2.11. The minimum absolute atomic E-state index is 0.440. The smallest absolute Gasteiger partial charge is 0.0386 e. The van der Waals surface area contributed by atoms with Crippen molar-refractivity contribution in [3.8, 4) is 10.4 Å². The monoisotopic (exact) mass is 273 g/mol. The molecule has 0 radical (unpaired) electrons. The molecule has 19 heavy (non-hydrogen) atoms. The molecule has 1 aromatic heterocycles. The molecule has 1 atom stereocenters. The fourth-order valence-corrected chi connectivity index (χ4v) is 3.44. The zero-order chi connectivity index (χ0) is 13.8. The van der Waals surface area contributed by atoms with Gasteiger partial charge < -0.3 is 5.32 Å². The Bertz CT molecular complexity index is 528. The molecule has 0 aliphatic rings. The quantitative estimate of drug-likeness (QED) is 0.788. The largest absolute Gasteiger partial charge is 0.310 e. The van der Waals surface area contributed by atoms with Crippen molar-refractivity contribution in [3.05, 3.63) is 46.8 Å². The highest BCUT2D eigenvalue weighted by Gasteiger charge is 2.12. The molecule has 2 rings (SSSR count). The standard InChI is InChI=1S/C17H23NS/c1-5-18-13(4)16-10-11-17(19-16)15-9-7-6-8-14(15)12(2)3/h6-13,18H,5H2,1-4H3. The Balaban J connectivity index is 2.33. The van der Waals surface area contributed by atoms with Crippen molar-refractivity contribution < 1.29 is 0 Å². The topological polar surface area (TPSA) is 12.0 Å². The van der Waals surface area contributed by atoms with Gasteiger partial charge in [0.25, 0.3) is 0 Å². The molecule has 1 heterocycles. The lowest BCUT2D eigenvalue weighted by molar-refractivity contribution is 0.607. The van der Waals surface area contributed by atoms with Crippen LogP contribution in [0.1, 0.15) is 50.1 Å². The second-order valence-electron chi connectivity index (χ2n) is 5.22. The van der Waals surface area contributed by atoms with E-state index in [0.717, 1.165) is 6.54 Å². The van der Waals surface area contributed by atoms with Crippen LogP contribution in [-0.2, 0) is 0 Å². The van der Waals surface area contributed by atoms with E-state index in [1.807, 2.05) is 11.3 Å². The molecule has 0 spiro atoms. The normalized spacial score (nSPS) is 12.9. The van der Waals surface area contributed by atoms with Crippen LogP contribution >= 0.6 is 11.3 Å². The maximum Gasteiger partial charge on any atom is 0.0386 e. The number of hydrogen-bond acceptors (Lipinski definition) is 2. The fourth-order valence-electron chi connectivity index (χ4n) is 2.36. The summed E-state index contributed by atoms with van der Waals surface area (Å²) in [5.41, 5.74) is 2.82. The van der Waals surface area contributed by atoms with E-state index in [0.29, 0.717) is 12.0 Å². The molecule has 0 saturated carbocycles. The van der Waals surface area contributed by atoms with E-state index >= 15 is 0 Å². The molecular weight excluding hydrogens is 250 g/mol. The SMILES string of the molecule is CCNC(C)c1ccc(-c2ccccc2C(C)C)s1. The van der Waals surface area contributed by atoms with Gasteiger partial charge in [-0.2, -0.15) is 0 Å². The van der Waals surface area contributed by atoms with E-state index in [1.165, 1.54) is 20.9 Å².